The van der Waals surface area contributed by atoms with Gasteiger partial charge in [-0.3, -0.25) is 19.4 Å². The molecule has 7 heteroatoms. The Morgan fingerprint density at radius 3 is 2.38 bits per heavy atom. The maximum atomic E-state index is 13.4. The number of morpholine rings is 1. The van der Waals surface area contributed by atoms with Gasteiger partial charge in [0.15, 0.2) is 0 Å². The van der Waals surface area contributed by atoms with Crippen LogP contribution in [0, 0.1) is 13.8 Å². The van der Waals surface area contributed by atoms with E-state index >= 15 is 0 Å². The second-order valence-corrected chi connectivity index (χ2v) is 8.68. The van der Waals surface area contributed by atoms with Crippen molar-refractivity contribution in [2.75, 3.05) is 44.7 Å². The molecular weight excluding hydrogens is 426 g/mol. The lowest BCUT2D eigenvalue weighted by molar-refractivity contribution is -0.136. The van der Waals surface area contributed by atoms with Crippen molar-refractivity contribution >= 4 is 34.7 Å². The number of halogens is 1. The number of carbonyl (C=O) groups excluding carboxylic acids is 2. The van der Waals surface area contributed by atoms with Gasteiger partial charge in [-0.1, -0.05) is 47.5 Å². The van der Waals surface area contributed by atoms with Gasteiger partial charge in [0.25, 0.3) is 11.8 Å². The number of carbonyl (C=O) groups is 2. The summed E-state index contributed by atoms with van der Waals surface area (Å²) < 4.78 is 5.39. The summed E-state index contributed by atoms with van der Waals surface area (Å²) in [4.78, 5) is 30.3. The summed E-state index contributed by atoms with van der Waals surface area (Å²) in [5, 5.41) is 3.78. The maximum absolute atomic E-state index is 13.4. The number of nitrogens with one attached hydrogen (secondary N) is 1. The molecule has 2 aromatic rings. The van der Waals surface area contributed by atoms with E-state index < -0.39 is 0 Å². The summed E-state index contributed by atoms with van der Waals surface area (Å²) in [6.07, 6.45) is 0.725. The zero-order chi connectivity index (χ0) is 22.7. The van der Waals surface area contributed by atoms with Crippen LogP contribution in [0.2, 0.25) is 5.02 Å². The second-order valence-electron chi connectivity index (χ2n) is 8.27. The predicted octanol–water partition coefficient (Wildman–Crippen LogP) is 3.87. The zero-order valence-corrected chi connectivity index (χ0v) is 19.2. The van der Waals surface area contributed by atoms with Crippen LogP contribution in [-0.2, 0) is 14.3 Å². The quantitative estimate of drug-likeness (QED) is 0.645. The first-order valence-electron chi connectivity index (χ1n) is 10.9. The van der Waals surface area contributed by atoms with Crippen LogP contribution in [0.3, 0.4) is 0 Å². The smallest absolute Gasteiger partial charge is 0.278 e. The lowest BCUT2D eigenvalue weighted by atomic mass is 10.0. The van der Waals surface area contributed by atoms with E-state index in [0.29, 0.717) is 28.5 Å². The lowest BCUT2D eigenvalue weighted by Crippen LogP contribution is -2.39. The third-order valence-electron chi connectivity index (χ3n) is 5.91. The van der Waals surface area contributed by atoms with E-state index in [1.165, 1.54) is 4.90 Å². The Hall–Kier alpha value is -2.67. The normalized spacial score (nSPS) is 17.4. The molecule has 0 bridgehead atoms. The van der Waals surface area contributed by atoms with E-state index in [1.807, 2.05) is 50.2 Å². The SMILES string of the molecule is Cc1ccc(C2=C(Nc3ccc(C)c(Cl)c3)C(=O)N(CCCN3CCOCC3)C2=O)cc1. The summed E-state index contributed by atoms with van der Waals surface area (Å²) in [5.74, 6) is -0.564. The minimum atomic E-state index is -0.302. The van der Waals surface area contributed by atoms with Gasteiger partial charge in [0.2, 0.25) is 0 Å². The molecule has 168 valence electrons. The number of aryl methyl sites for hydroxylation is 2. The average molecular weight is 454 g/mol. The highest BCUT2D eigenvalue weighted by Crippen LogP contribution is 2.31. The van der Waals surface area contributed by atoms with Gasteiger partial charge in [0, 0.05) is 36.9 Å². The number of nitrogens with zero attached hydrogens (tertiary/aromatic N) is 2. The summed E-state index contributed by atoms with van der Waals surface area (Å²) >= 11 is 6.27. The molecule has 4 rings (SSSR count). The topological polar surface area (TPSA) is 61.9 Å². The molecule has 2 aliphatic rings. The van der Waals surface area contributed by atoms with E-state index in [0.717, 1.165) is 56.0 Å². The van der Waals surface area contributed by atoms with Gasteiger partial charge in [-0.2, -0.15) is 0 Å². The summed E-state index contributed by atoms with van der Waals surface area (Å²) in [7, 11) is 0. The Morgan fingerprint density at radius 2 is 1.69 bits per heavy atom. The van der Waals surface area contributed by atoms with Crippen LogP contribution in [-0.4, -0.2) is 61.0 Å². The van der Waals surface area contributed by atoms with Crippen molar-refractivity contribution in [3.05, 3.63) is 69.9 Å². The number of ether oxygens (including phenoxy) is 1. The first-order chi connectivity index (χ1) is 15.4. The van der Waals surface area contributed by atoms with Crippen molar-refractivity contribution in [2.45, 2.75) is 20.3 Å². The number of hydrogen-bond donors (Lipinski definition) is 1. The Balaban J connectivity index is 1.57. The zero-order valence-electron chi connectivity index (χ0n) is 18.5. The van der Waals surface area contributed by atoms with E-state index in [4.69, 9.17) is 16.3 Å². The largest absolute Gasteiger partial charge is 0.379 e. The van der Waals surface area contributed by atoms with E-state index in [9.17, 15) is 9.59 Å². The molecule has 1 saturated heterocycles. The molecule has 2 aromatic carbocycles. The van der Waals surface area contributed by atoms with E-state index in [-0.39, 0.29) is 11.8 Å². The molecule has 1 N–H and O–H groups in total. The molecule has 0 aliphatic carbocycles. The average Bonchev–Trinajstić information content (AvgIpc) is 3.02. The number of rotatable bonds is 7. The Morgan fingerprint density at radius 1 is 0.969 bits per heavy atom. The van der Waals surface area contributed by atoms with Crippen LogP contribution < -0.4 is 5.32 Å². The van der Waals surface area contributed by atoms with Crippen molar-refractivity contribution in [3.63, 3.8) is 0 Å². The highest BCUT2D eigenvalue weighted by atomic mass is 35.5. The van der Waals surface area contributed by atoms with Crippen LogP contribution >= 0.6 is 11.6 Å². The third kappa shape index (κ3) is 4.88. The van der Waals surface area contributed by atoms with Gasteiger partial charge >= 0.3 is 0 Å². The highest BCUT2D eigenvalue weighted by molar-refractivity contribution is 6.36. The fraction of sp³-hybridized carbons (Fsp3) is 0.360. The first kappa shape index (κ1) is 22.5. The van der Waals surface area contributed by atoms with Crippen LogP contribution in [0.15, 0.2) is 48.2 Å². The van der Waals surface area contributed by atoms with Crippen LogP contribution in [0.5, 0.6) is 0 Å². The monoisotopic (exact) mass is 453 g/mol. The number of hydrogen-bond acceptors (Lipinski definition) is 5. The molecule has 0 radical (unpaired) electrons. The van der Waals surface area contributed by atoms with Gasteiger partial charge < -0.3 is 10.1 Å². The van der Waals surface area contributed by atoms with Crippen molar-refractivity contribution in [3.8, 4) is 0 Å². The van der Waals surface area contributed by atoms with Crippen molar-refractivity contribution < 1.29 is 14.3 Å². The Bertz CT molecular complexity index is 1040. The number of amides is 2. The molecule has 0 aromatic heterocycles. The fourth-order valence-corrected chi connectivity index (χ4v) is 4.16. The van der Waals surface area contributed by atoms with Crippen LogP contribution in [0.1, 0.15) is 23.1 Å². The molecule has 2 aliphatic heterocycles. The highest BCUT2D eigenvalue weighted by Gasteiger charge is 2.39. The van der Waals surface area contributed by atoms with Crippen LogP contribution in [0.4, 0.5) is 5.69 Å². The van der Waals surface area contributed by atoms with Gasteiger partial charge in [-0.15, -0.1) is 0 Å². The van der Waals surface area contributed by atoms with E-state index in [1.54, 1.807) is 6.07 Å². The van der Waals surface area contributed by atoms with Gasteiger partial charge in [0.05, 0.1) is 18.8 Å². The first-order valence-corrected chi connectivity index (χ1v) is 11.3. The van der Waals surface area contributed by atoms with Crippen molar-refractivity contribution in [2.24, 2.45) is 0 Å². The molecule has 0 atom stereocenters. The number of anilines is 1. The van der Waals surface area contributed by atoms with Crippen LogP contribution in [0.25, 0.3) is 5.57 Å². The summed E-state index contributed by atoms with van der Waals surface area (Å²) in [5.41, 5.74) is 4.14. The minimum Gasteiger partial charge on any atom is -0.379 e. The molecular formula is C25H28ClN3O3. The van der Waals surface area contributed by atoms with Gasteiger partial charge in [-0.25, -0.2) is 0 Å². The molecule has 0 unspecified atom stereocenters. The fourth-order valence-electron chi connectivity index (χ4n) is 3.98. The predicted molar refractivity (Wildman–Crippen MR) is 127 cm³/mol. The van der Waals surface area contributed by atoms with Gasteiger partial charge in [-0.05, 0) is 43.5 Å². The number of imide groups is 1. The number of benzene rings is 2. The maximum Gasteiger partial charge on any atom is 0.278 e. The van der Waals surface area contributed by atoms with Gasteiger partial charge in [0.1, 0.15) is 5.70 Å². The molecule has 0 saturated carbocycles. The Kier molecular flexibility index (Phi) is 6.94. The molecule has 1 fully saturated rings. The molecule has 32 heavy (non-hydrogen) atoms. The summed E-state index contributed by atoms with van der Waals surface area (Å²) in [6, 6.07) is 13.2. The Labute approximate surface area is 193 Å². The summed E-state index contributed by atoms with van der Waals surface area (Å²) in [6.45, 7) is 8.35. The molecule has 2 amide bonds. The minimum absolute atomic E-state index is 0.262. The molecule has 6 nitrogen and oxygen atoms in total. The lowest BCUT2D eigenvalue weighted by Gasteiger charge is -2.27. The third-order valence-corrected chi connectivity index (χ3v) is 6.32. The standard InChI is InChI=1S/C25H28ClN3O3/c1-17-4-7-19(8-5-17)22-23(27-20-9-6-18(2)21(26)16-20)25(31)29(24(22)30)11-3-10-28-12-14-32-15-13-28/h4-9,16,27H,3,10-15H2,1-2H3. The molecule has 2 heterocycles. The van der Waals surface area contributed by atoms with Crippen molar-refractivity contribution in [1.29, 1.82) is 0 Å². The molecule has 0 spiro atoms. The van der Waals surface area contributed by atoms with Crippen molar-refractivity contribution in [1.82, 2.24) is 9.80 Å². The van der Waals surface area contributed by atoms with E-state index in [2.05, 4.69) is 10.2 Å². The second kappa shape index (κ2) is 9.86.